The van der Waals surface area contributed by atoms with Gasteiger partial charge in [0.05, 0.1) is 6.61 Å². The number of nitrogens with zero attached hydrogens (tertiary/aromatic N) is 4. The number of hydrogen-bond donors (Lipinski definition) is 2. The third-order valence-corrected chi connectivity index (χ3v) is 6.88. The summed E-state index contributed by atoms with van der Waals surface area (Å²) in [6.07, 6.45) is 3.91. The van der Waals surface area contributed by atoms with E-state index in [1.807, 2.05) is 0 Å². The topological polar surface area (TPSA) is 93.2 Å². The fourth-order valence-corrected chi connectivity index (χ4v) is 5.06. The molecule has 0 spiro atoms. The molecule has 2 aliphatic carbocycles. The van der Waals surface area contributed by atoms with Gasteiger partial charge in [0.1, 0.15) is 5.56 Å². The first-order chi connectivity index (χ1) is 17.4. The van der Waals surface area contributed by atoms with Crippen LogP contribution in [0.4, 0.5) is 26.3 Å². The first-order valence-corrected chi connectivity index (χ1v) is 12.5. The highest BCUT2D eigenvalue weighted by atomic mass is 19.4. The first-order valence-electron chi connectivity index (χ1n) is 12.5. The maximum atomic E-state index is 12.7. The molecule has 0 aromatic carbocycles. The Balaban J connectivity index is 0.000000206. The summed E-state index contributed by atoms with van der Waals surface area (Å²) in [6, 6.07) is 0. The average Bonchev–Trinajstić information content (AvgIpc) is 3.45. The second-order valence-corrected chi connectivity index (χ2v) is 9.81. The summed E-state index contributed by atoms with van der Waals surface area (Å²) in [5.41, 5.74) is -3.18. The van der Waals surface area contributed by atoms with Gasteiger partial charge in [-0.2, -0.15) is 36.5 Å². The molecule has 0 atom stereocenters. The minimum Gasteiger partial charge on any atom is -0.478 e. The summed E-state index contributed by atoms with van der Waals surface area (Å²) >= 11 is 0. The highest BCUT2D eigenvalue weighted by Gasteiger charge is 2.39. The van der Waals surface area contributed by atoms with E-state index in [0.717, 1.165) is 68.7 Å². The summed E-state index contributed by atoms with van der Waals surface area (Å²) in [6.45, 7) is 0.249. The molecule has 13 heteroatoms. The Kier molecular flexibility index (Phi) is 9.65. The number of aromatic nitrogens is 4. The number of carboxylic acids is 1. The van der Waals surface area contributed by atoms with Crippen molar-refractivity contribution in [1.82, 2.24) is 19.6 Å². The maximum Gasteiger partial charge on any atom is 0.436 e. The van der Waals surface area contributed by atoms with E-state index in [1.165, 1.54) is 17.3 Å². The van der Waals surface area contributed by atoms with Crippen molar-refractivity contribution < 1.29 is 41.4 Å². The molecule has 0 aliphatic heterocycles. The molecule has 0 saturated heterocycles. The third-order valence-electron chi connectivity index (χ3n) is 6.88. The molecule has 2 aromatic heterocycles. The molecule has 0 unspecified atom stereocenters. The highest BCUT2D eigenvalue weighted by Crippen LogP contribution is 2.33. The van der Waals surface area contributed by atoms with Gasteiger partial charge in [-0.3, -0.25) is 9.36 Å². The van der Waals surface area contributed by atoms with Gasteiger partial charge < -0.3 is 10.2 Å². The number of aliphatic hydroxyl groups excluding tert-OH is 1. The van der Waals surface area contributed by atoms with Gasteiger partial charge in [0, 0.05) is 31.0 Å². The van der Waals surface area contributed by atoms with Crippen molar-refractivity contribution in [2.45, 2.75) is 96.3 Å². The summed E-state index contributed by atoms with van der Waals surface area (Å²) in [5, 5.41) is 24.7. The molecule has 0 radical (unpaired) electrons. The zero-order valence-corrected chi connectivity index (χ0v) is 20.4. The summed E-state index contributed by atoms with van der Waals surface area (Å²) < 4.78 is 78.4. The quantitative estimate of drug-likeness (QED) is 0.430. The van der Waals surface area contributed by atoms with Crippen LogP contribution < -0.4 is 0 Å². The van der Waals surface area contributed by atoms with Crippen molar-refractivity contribution in [2.75, 3.05) is 0 Å². The molecule has 2 N–H and O–H groups in total. The molecule has 4 rings (SSSR count). The lowest BCUT2D eigenvalue weighted by Crippen LogP contribution is -2.16. The lowest BCUT2D eigenvalue weighted by atomic mass is 9.89. The number of aliphatic hydroxyl groups is 1. The number of carboxylic acid groups (broad SMARTS) is 1. The molecule has 208 valence electrons. The Hall–Kier alpha value is -2.57. The van der Waals surface area contributed by atoms with Crippen molar-refractivity contribution in [3.63, 3.8) is 0 Å². The summed E-state index contributed by atoms with van der Waals surface area (Å²) in [7, 11) is 0. The number of rotatable bonds is 6. The van der Waals surface area contributed by atoms with Gasteiger partial charge in [0.25, 0.3) is 0 Å². The second kappa shape index (κ2) is 12.3. The van der Waals surface area contributed by atoms with Gasteiger partial charge in [0.15, 0.2) is 11.4 Å². The first kappa shape index (κ1) is 29.0. The molecule has 2 aliphatic rings. The van der Waals surface area contributed by atoms with E-state index in [0.29, 0.717) is 19.0 Å². The molecular weight excluding hydrogens is 506 g/mol. The zero-order valence-electron chi connectivity index (χ0n) is 20.4. The van der Waals surface area contributed by atoms with E-state index < -0.39 is 41.9 Å². The van der Waals surface area contributed by atoms with Crippen LogP contribution in [0, 0.1) is 11.8 Å². The lowest BCUT2D eigenvalue weighted by Gasteiger charge is -2.21. The monoisotopic (exact) mass is 538 g/mol. The number of halogens is 6. The van der Waals surface area contributed by atoms with Crippen LogP contribution in [-0.2, 0) is 32.0 Å². The van der Waals surface area contributed by atoms with Gasteiger partial charge in [-0.05, 0) is 37.5 Å². The minimum absolute atomic E-state index is 0.140. The largest absolute Gasteiger partial charge is 0.478 e. The van der Waals surface area contributed by atoms with E-state index in [1.54, 1.807) is 0 Å². The molecule has 7 nitrogen and oxygen atoms in total. The lowest BCUT2D eigenvalue weighted by molar-refractivity contribution is -0.143. The molecule has 0 bridgehead atoms. The van der Waals surface area contributed by atoms with Crippen molar-refractivity contribution in [1.29, 1.82) is 0 Å². The van der Waals surface area contributed by atoms with Crippen LogP contribution in [0.3, 0.4) is 0 Å². The van der Waals surface area contributed by atoms with E-state index in [-0.39, 0.29) is 11.5 Å². The normalized spacial score (nSPS) is 17.9. The molecule has 37 heavy (non-hydrogen) atoms. The van der Waals surface area contributed by atoms with E-state index in [2.05, 4.69) is 10.2 Å². The van der Waals surface area contributed by atoms with Gasteiger partial charge in [0.2, 0.25) is 0 Å². The third kappa shape index (κ3) is 8.21. The highest BCUT2D eigenvalue weighted by molar-refractivity contribution is 5.88. The summed E-state index contributed by atoms with van der Waals surface area (Å²) in [5.74, 6) is -0.898. The van der Waals surface area contributed by atoms with Crippen molar-refractivity contribution in [2.24, 2.45) is 11.8 Å². The van der Waals surface area contributed by atoms with Crippen LogP contribution in [0.15, 0.2) is 12.4 Å². The van der Waals surface area contributed by atoms with Crippen LogP contribution in [0.5, 0.6) is 0 Å². The maximum absolute atomic E-state index is 12.7. The van der Waals surface area contributed by atoms with Gasteiger partial charge in [-0.15, -0.1) is 0 Å². The van der Waals surface area contributed by atoms with E-state index in [9.17, 15) is 31.1 Å². The fraction of sp³-hybridized carbons (Fsp3) is 0.708. The van der Waals surface area contributed by atoms with Crippen molar-refractivity contribution in [3.05, 3.63) is 34.9 Å². The van der Waals surface area contributed by atoms with Crippen molar-refractivity contribution >= 4 is 5.97 Å². The van der Waals surface area contributed by atoms with E-state index in [4.69, 9.17) is 10.2 Å². The van der Waals surface area contributed by atoms with Crippen molar-refractivity contribution in [3.8, 4) is 0 Å². The van der Waals surface area contributed by atoms with Crippen LogP contribution in [0.1, 0.15) is 91.5 Å². The fourth-order valence-electron chi connectivity index (χ4n) is 5.06. The average molecular weight is 539 g/mol. The van der Waals surface area contributed by atoms with Crippen LogP contribution in [0.25, 0.3) is 0 Å². The molecule has 2 fully saturated rings. The van der Waals surface area contributed by atoms with Crippen LogP contribution >= 0.6 is 0 Å². The number of hydrogen-bond acceptors (Lipinski definition) is 4. The minimum atomic E-state index is -4.73. The van der Waals surface area contributed by atoms with Crippen LogP contribution in [0.2, 0.25) is 0 Å². The Morgan fingerprint density at radius 1 is 0.784 bits per heavy atom. The molecule has 2 saturated carbocycles. The Bertz CT molecular complexity index is 1020. The SMILES string of the molecule is O=C(O)c1cn(CC2CCCCC2)nc1C(F)(F)F.OCc1cn(CC2CCCCC2)nc1C(F)(F)F. The number of alkyl halides is 6. The van der Waals surface area contributed by atoms with E-state index >= 15 is 0 Å². The molecule has 2 heterocycles. The van der Waals surface area contributed by atoms with Gasteiger partial charge in [-0.25, -0.2) is 4.79 Å². The Morgan fingerprint density at radius 2 is 1.22 bits per heavy atom. The second-order valence-electron chi connectivity index (χ2n) is 9.81. The standard InChI is InChI=1S/C12H15F3N2O2.C12H17F3N2O/c13-12(14,15)10-9(11(18)19)7-17(16-10)6-8-4-2-1-3-5-8;13-12(14,15)11-10(8-18)7-17(16-11)6-9-4-2-1-3-5-9/h7-8H,1-6H2,(H,18,19);7,9,18H,1-6,8H2. The summed E-state index contributed by atoms with van der Waals surface area (Å²) in [4.78, 5) is 10.8. The molecular formula is C24H32F6N4O3. The Labute approximate surface area is 210 Å². The number of carbonyl (C=O) groups is 1. The zero-order chi connectivity index (χ0) is 27.2. The van der Waals surface area contributed by atoms with Crippen LogP contribution in [-0.4, -0.2) is 35.7 Å². The smallest absolute Gasteiger partial charge is 0.436 e. The molecule has 0 amide bonds. The predicted octanol–water partition coefficient (Wildman–Crippen LogP) is 6.15. The predicted molar refractivity (Wildman–Crippen MR) is 120 cm³/mol. The van der Waals surface area contributed by atoms with Gasteiger partial charge >= 0.3 is 18.3 Å². The van der Waals surface area contributed by atoms with Gasteiger partial charge in [-0.1, -0.05) is 38.5 Å². The number of aromatic carboxylic acids is 1. The Morgan fingerprint density at radius 3 is 1.57 bits per heavy atom. The molecule has 2 aromatic rings.